The van der Waals surface area contributed by atoms with Crippen molar-refractivity contribution < 1.29 is 13.9 Å². The predicted molar refractivity (Wildman–Crippen MR) is 69.9 cm³/mol. The van der Waals surface area contributed by atoms with Crippen LogP contribution < -0.4 is 5.32 Å². The van der Waals surface area contributed by atoms with Gasteiger partial charge in [0.15, 0.2) is 0 Å². The van der Waals surface area contributed by atoms with Gasteiger partial charge in [-0.1, -0.05) is 6.07 Å². The van der Waals surface area contributed by atoms with Crippen LogP contribution in [0.2, 0.25) is 0 Å². The van der Waals surface area contributed by atoms with E-state index < -0.39 is 0 Å². The van der Waals surface area contributed by atoms with Gasteiger partial charge in [-0.25, -0.2) is 4.39 Å². The number of ether oxygens (including phenoxy) is 2. The second-order valence-corrected chi connectivity index (χ2v) is 4.43. The highest BCUT2D eigenvalue weighted by molar-refractivity contribution is 5.24. The Labute approximate surface area is 108 Å². The van der Waals surface area contributed by atoms with Crippen molar-refractivity contribution in [1.29, 1.82) is 0 Å². The van der Waals surface area contributed by atoms with Crippen molar-refractivity contribution in [2.24, 2.45) is 0 Å². The normalized spacial score (nSPS) is 11.2. The fourth-order valence-corrected chi connectivity index (χ4v) is 1.58. The molecular weight excluding hydrogens is 233 g/mol. The van der Waals surface area contributed by atoms with Crippen molar-refractivity contribution in [3.05, 3.63) is 35.1 Å². The van der Waals surface area contributed by atoms with Crippen molar-refractivity contribution in [3.63, 3.8) is 0 Å². The van der Waals surface area contributed by atoms with Crippen LogP contribution in [0.5, 0.6) is 0 Å². The molecule has 1 rings (SSSR count). The molecule has 0 aliphatic carbocycles. The maximum Gasteiger partial charge on any atom is 0.128 e. The summed E-state index contributed by atoms with van der Waals surface area (Å²) in [4.78, 5) is 0. The van der Waals surface area contributed by atoms with Crippen LogP contribution in [-0.4, -0.2) is 26.4 Å². The molecule has 1 N–H and O–H groups in total. The van der Waals surface area contributed by atoms with Crippen molar-refractivity contribution in [2.75, 3.05) is 20.3 Å². The first-order valence-electron chi connectivity index (χ1n) is 6.24. The summed E-state index contributed by atoms with van der Waals surface area (Å²) >= 11 is 0. The summed E-state index contributed by atoms with van der Waals surface area (Å²) in [5.74, 6) is -0.223. The predicted octanol–water partition coefficient (Wildman–Crippen LogP) is 2.49. The Morgan fingerprint density at radius 3 is 2.72 bits per heavy atom. The molecule has 0 aromatic heterocycles. The quantitative estimate of drug-likeness (QED) is 0.724. The summed E-state index contributed by atoms with van der Waals surface area (Å²) in [5, 5.41) is 3.04. The third kappa shape index (κ3) is 5.58. The van der Waals surface area contributed by atoms with E-state index in [9.17, 15) is 4.39 Å². The molecule has 3 nitrogen and oxygen atoms in total. The first-order valence-corrected chi connectivity index (χ1v) is 6.24. The maximum absolute atomic E-state index is 13.5. The molecule has 102 valence electrons. The molecular formula is C14H22FNO2. The SMILES string of the molecule is CNCc1ccc(F)c(COCCOC(C)C)c1. The average Bonchev–Trinajstić information content (AvgIpc) is 2.32. The van der Waals surface area contributed by atoms with Crippen LogP contribution in [0.3, 0.4) is 0 Å². The van der Waals surface area contributed by atoms with Crippen LogP contribution >= 0.6 is 0 Å². The fraction of sp³-hybridized carbons (Fsp3) is 0.571. The van der Waals surface area contributed by atoms with Crippen molar-refractivity contribution in [3.8, 4) is 0 Å². The number of hydrogen-bond acceptors (Lipinski definition) is 3. The molecule has 0 saturated carbocycles. The van der Waals surface area contributed by atoms with Gasteiger partial charge in [0, 0.05) is 12.1 Å². The van der Waals surface area contributed by atoms with E-state index in [1.807, 2.05) is 27.0 Å². The summed E-state index contributed by atoms with van der Waals surface area (Å²) in [5.41, 5.74) is 1.64. The minimum Gasteiger partial charge on any atom is -0.376 e. The van der Waals surface area contributed by atoms with Gasteiger partial charge in [-0.15, -0.1) is 0 Å². The van der Waals surface area contributed by atoms with Crippen LogP contribution in [0.25, 0.3) is 0 Å². The van der Waals surface area contributed by atoms with Gasteiger partial charge in [0.25, 0.3) is 0 Å². The van der Waals surface area contributed by atoms with Gasteiger partial charge in [-0.2, -0.15) is 0 Å². The number of benzene rings is 1. The van der Waals surface area contributed by atoms with Crippen molar-refractivity contribution in [1.82, 2.24) is 5.32 Å². The Hall–Kier alpha value is -0.970. The Balaban J connectivity index is 2.38. The Kier molecular flexibility index (Phi) is 6.86. The van der Waals surface area contributed by atoms with Gasteiger partial charge in [-0.05, 0) is 38.6 Å². The zero-order valence-electron chi connectivity index (χ0n) is 11.3. The van der Waals surface area contributed by atoms with E-state index >= 15 is 0 Å². The Morgan fingerprint density at radius 1 is 1.28 bits per heavy atom. The lowest BCUT2D eigenvalue weighted by Crippen LogP contribution is -2.10. The molecule has 0 amide bonds. The highest BCUT2D eigenvalue weighted by atomic mass is 19.1. The molecule has 4 heteroatoms. The van der Waals surface area contributed by atoms with Gasteiger partial charge in [-0.3, -0.25) is 0 Å². The van der Waals surface area contributed by atoms with E-state index in [4.69, 9.17) is 9.47 Å². The summed E-state index contributed by atoms with van der Waals surface area (Å²) in [6.07, 6.45) is 0.198. The first-order chi connectivity index (χ1) is 8.63. The molecule has 0 spiro atoms. The third-order valence-electron chi connectivity index (χ3n) is 2.43. The summed E-state index contributed by atoms with van der Waals surface area (Å²) < 4.78 is 24.3. The molecule has 0 aliphatic heterocycles. The molecule has 0 saturated heterocycles. The second-order valence-electron chi connectivity index (χ2n) is 4.43. The van der Waals surface area contributed by atoms with Crippen LogP contribution in [-0.2, 0) is 22.6 Å². The van der Waals surface area contributed by atoms with Gasteiger partial charge in [0.2, 0.25) is 0 Å². The van der Waals surface area contributed by atoms with Crippen LogP contribution in [0.15, 0.2) is 18.2 Å². The average molecular weight is 255 g/mol. The van der Waals surface area contributed by atoms with Gasteiger partial charge in [0.05, 0.1) is 25.9 Å². The molecule has 0 bridgehead atoms. The highest BCUT2D eigenvalue weighted by Gasteiger charge is 2.04. The summed E-state index contributed by atoms with van der Waals surface area (Å²) in [6, 6.07) is 5.09. The van der Waals surface area contributed by atoms with E-state index in [-0.39, 0.29) is 18.5 Å². The Bertz CT molecular complexity index is 356. The first kappa shape index (κ1) is 15.1. The fourth-order valence-electron chi connectivity index (χ4n) is 1.58. The van der Waals surface area contributed by atoms with Crippen LogP contribution in [0.4, 0.5) is 4.39 Å². The molecule has 1 aromatic carbocycles. The molecule has 0 unspecified atom stereocenters. The highest BCUT2D eigenvalue weighted by Crippen LogP contribution is 2.11. The summed E-state index contributed by atoms with van der Waals surface area (Å²) in [6.45, 7) is 5.97. The third-order valence-corrected chi connectivity index (χ3v) is 2.43. The monoisotopic (exact) mass is 255 g/mol. The molecule has 0 aliphatic rings. The molecule has 0 heterocycles. The standard InChI is InChI=1S/C14H22FNO2/c1-11(2)18-7-6-17-10-13-8-12(9-16-3)4-5-14(13)15/h4-5,8,11,16H,6-7,9-10H2,1-3H3. The molecule has 0 fully saturated rings. The molecule has 0 radical (unpaired) electrons. The summed E-state index contributed by atoms with van der Waals surface area (Å²) in [7, 11) is 1.86. The minimum atomic E-state index is -0.223. The maximum atomic E-state index is 13.5. The zero-order chi connectivity index (χ0) is 13.4. The lowest BCUT2D eigenvalue weighted by Gasteiger charge is -2.09. The van der Waals surface area contributed by atoms with E-state index in [1.165, 1.54) is 6.07 Å². The minimum absolute atomic E-state index is 0.198. The van der Waals surface area contributed by atoms with Gasteiger partial charge < -0.3 is 14.8 Å². The van der Waals surface area contributed by atoms with Crippen molar-refractivity contribution >= 4 is 0 Å². The Morgan fingerprint density at radius 2 is 2.06 bits per heavy atom. The van der Waals surface area contributed by atoms with Crippen LogP contribution in [0, 0.1) is 5.82 Å². The van der Waals surface area contributed by atoms with E-state index in [0.717, 1.165) is 12.1 Å². The molecule has 18 heavy (non-hydrogen) atoms. The lowest BCUT2D eigenvalue weighted by atomic mass is 10.1. The zero-order valence-corrected chi connectivity index (χ0v) is 11.3. The van der Waals surface area contributed by atoms with Crippen molar-refractivity contribution in [2.45, 2.75) is 33.1 Å². The number of halogens is 1. The van der Waals surface area contributed by atoms with E-state index in [0.29, 0.717) is 18.8 Å². The topological polar surface area (TPSA) is 30.5 Å². The number of rotatable bonds is 8. The van der Waals surface area contributed by atoms with Gasteiger partial charge >= 0.3 is 0 Å². The largest absolute Gasteiger partial charge is 0.376 e. The molecule has 0 atom stereocenters. The van der Waals surface area contributed by atoms with Crippen LogP contribution in [0.1, 0.15) is 25.0 Å². The number of hydrogen-bond donors (Lipinski definition) is 1. The van der Waals surface area contributed by atoms with E-state index in [2.05, 4.69) is 5.32 Å². The second kappa shape index (κ2) is 8.19. The number of nitrogens with one attached hydrogen (secondary N) is 1. The molecule has 1 aromatic rings. The lowest BCUT2D eigenvalue weighted by molar-refractivity contribution is 0.0136. The van der Waals surface area contributed by atoms with Gasteiger partial charge in [0.1, 0.15) is 5.82 Å². The smallest absolute Gasteiger partial charge is 0.128 e. The van der Waals surface area contributed by atoms with E-state index in [1.54, 1.807) is 6.07 Å².